The third-order valence-electron chi connectivity index (χ3n) is 3.14. The number of rotatable bonds is 6. The number of methoxy groups -OCH3 is 1. The lowest BCUT2D eigenvalue weighted by atomic mass is 10.2. The van der Waals surface area contributed by atoms with Crippen LogP contribution in [0.4, 0.5) is 20.4 Å². The average molecular weight is 295 g/mol. The largest absolute Gasteiger partial charge is 0.385 e. The second kappa shape index (κ2) is 6.67. The highest BCUT2D eigenvalue weighted by atomic mass is 19.1. The number of hydrogen-bond acceptors (Lipinski definition) is 3. The maximum absolute atomic E-state index is 13.9. The van der Waals surface area contributed by atoms with Gasteiger partial charge in [-0.2, -0.15) is 0 Å². The fourth-order valence-electron chi connectivity index (χ4n) is 2.06. The van der Waals surface area contributed by atoms with Gasteiger partial charge in [0.2, 0.25) is 5.95 Å². The molecule has 1 heterocycles. The van der Waals surface area contributed by atoms with Gasteiger partial charge >= 0.3 is 0 Å². The van der Waals surface area contributed by atoms with Crippen LogP contribution in [0.2, 0.25) is 0 Å². The van der Waals surface area contributed by atoms with Crippen molar-refractivity contribution in [2.45, 2.75) is 26.8 Å². The second-order valence-corrected chi connectivity index (χ2v) is 4.95. The summed E-state index contributed by atoms with van der Waals surface area (Å²) >= 11 is 0. The van der Waals surface area contributed by atoms with Crippen molar-refractivity contribution in [2.24, 2.45) is 0 Å². The molecule has 0 saturated heterocycles. The van der Waals surface area contributed by atoms with Crippen LogP contribution in [0.1, 0.15) is 17.7 Å². The summed E-state index contributed by atoms with van der Waals surface area (Å²) in [5, 5.41) is 2.85. The van der Waals surface area contributed by atoms with E-state index in [1.54, 1.807) is 7.11 Å². The molecule has 0 bridgehead atoms. The molecule has 4 nitrogen and oxygen atoms in total. The zero-order valence-corrected chi connectivity index (χ0v) is 12.4. The highest BCUT2D eigenvalue weighted by Gasteiger charge is 2.11. The summed E-state index contributed by atoms with van der Waals surface area (Å²) in [7, 11) is 1.64. The molecule has 1 aromatic heterocycles. The Kier molecular flexibility index (Phi) is 4.90. The van der Waals surface area contributed by atoms with Crippen LogP contribution in [-0.2, 0) is 11.3 Å². The Morgan fingerprint density at radius 2 is 2.00 bits per heavy atom. The molecular formula is C15H19F2N3O. The quantitative estimate of drug-likeness (QED) is 0.828. The predicted molar refractivity (Wildman–Crippen MR) is 77.8 cm³/mol. The van der Waals surface area contributed by atoms with Crippen molar-refractivity contribution in [3.05, 3.63) is 41.2 Å². The van der Waals surface area contributed by atoms with Crippen molar-refractivity contribution in [2.75, 3.05) is 19.0 Å². The van der Waals surface area contributed by atoms with Crippen molar-refractivity contribution in [1.82, 2.24) is 9.55 Å². The van der Waals surface area contributed by atoms with E-state index < -0.39 is 11.6 Å². The minimum atomic E-state index is -0.502. The van der Waals surface area contributed by atoms with Gasteiger partial charge in [-0.3, -0.25) is 0 Å². The molecule has 0 atom stereocenters. The Balaban J connectivity index is 2.21. The molecule has 1 N–H and O–H groups in total. The van der Waals surface area contributed by atoms with Gasteiger partial charge in [-0.1, -0.05) is 0 Å². The van der Waals surface area contributed by atoms with E-state index in [0.29, 0.717) is 19.1 Å². The molecule has 0 aliphatic carbocycles. The first-order valence-electron chi connectivity index (χ1n) is 6.76. The fourth-order valence-corrected chi connectivity index (χ4v) is 2.06. The standard InChI is InChI=1S/C15H19F2N3O/c1-10-7-13(17)14(8-12(10)16)19-15-18-11(2)9-20(15)5-4-6-21-3/h7-9H,4-6H2,1-3H3,(H,18,19). The van der Waals surface area contributed by atoms with E-state index in [1.165, 1.54) is 13.0 Å². The van der Waals surface area contributed by atoms with Crippen LogP contribution in [0.5, 0.6) is 0 Å². The first kappa shape index (κ1) is 15.4. The Morgan fingerprint density at radius 3 is 2.71 bits per heavy atom. The molecule has 0 spiro atoms. The third kappa shape index (κ3) is 3.78. The van der Waals surface area contributed by atoms with Gasteiger partial charge in [0.05, 0.1) is 11.4 Å². The Hall–Kier alpha value is -1.95. The van der Waals surface area contributed by atoms with Crippen molar-refractivity contribution >= 4 is 11.6 Å². The molecule has 1 aromatic carbocycles. The molecule has 0 aliphatic heterocycles. The Bertz CT molecular complexity index is 626. The SMILES string of the molecule is COCCCn1cc(C)nc1Nc1cc(F)c(C)cc1F. The van der Waals surface area contributed by atoms with Gasteiger partial charge in [-0.15, -0.1) is 0 Å². The smallest absolute Gasteiger partial charge is 0.207 e. The first-order chi connectivity index (χ1) is 10.0. The van der Waals surface area contributed by atoms with E-state index >= 15 is 0 Å². The van der Waals surface area contributed by atoms with Gasteiger partial charge in [0, 0.05) is 32.5 Å². The molecule has 0 amide bonds. The monoisotopic (exact) mass is 295 g/mol. The number of imidazole rings is 1. The molecule has 0 radical (unpaired) electrons. The van der Waals surface area contributed by atoms with E-state index in [-0.39, 0.29) is 11.3 Å². The maximum atomic E-state index is 13.9. The predicted octanol–water partition coefficient (Wildman–Crippen LogP) is 3.56. The van der Waals surface area contributed by atoms with Crippen LogP contribution in [0.15, 0.2) is 18.3 Å². The van der Waals surface area contributed by atoms with Crippen molar-refractivity contribution < 1.29 is 13.5 Å². The van der Waals surface area contributed by atoms with Crippen LogP contribution in [0.3, 0.4) is 0 Å². The van der Waals surface area contributed by atoms with E-state index in [0.717, 1.165) is 18.2 Å². The molecule has 0 aliphatic rings. The topological polar surface area (TPSA) is 39.1 Å². The number of halogens is 2. The molecule has 114 valence electrons. The summed E-state index contributed by atoms with van der Waals surface area (Å²) in [5.41, 5.74) is 1.16. The summed E-state index contributed by atoms with van der Waals surface area (Å²) in [5.74, 6) is -0.461. The minimum absolute atomic E-state index is 0.0803. The van der Waals surface area contributed by atoms with Gasteiger partial charge in [0.25, 0.3) is 0 Å². The third-order valence-corrected chi connectivity index (χ3v) is 3.14. The van der Waals surface area contributed by atoms with Crippen molar-refractivity contribution in [3.8, 4) is 0 Å². The zero-order chi connectivity index (χ0) is 15.4. The van der Waals surface area contributed by atoms with Crippen LogP contribution < -0.4 is 5.32 Å². The van der Waals surface area contributed by atoms with Crippen LogP contribution in [-0.4, -0.2) is 23.3 Å². The maximum Gasteiger partial charge on any atom is 0.207 e. The summed E-state index contributed by atoms with van der Waals surface area (Å²) in [6.45, 7) is 4.69. The lowest BCUT2D eigenvalue weighted by molar-refractivity contribution is 0.190. The van der Waals surface area contributed by atoms with Gasteiger partial charge in [0.1, 0.15) is 11.6 Å². The summed E-state index contributed by atoms with van der Waals surface area (Å²) < 4.78 is 34.3. The number of nitrogens with one attached hydrogen (secondary N) is 1. The Labute approximate surface area is 122 Å². The van der Waals surface area contributed by atoms with E-state index in [4.69, 9.17) is 4.74 Å². The molecule has 2 rings (SSSR count). The minimum Gasteiger partial charge on any atom is -0.385 e. The molecule has 0 unspecified atom stereocenters. The van der Waals surface area contributed by atoms with Crippen LogP contribution >= 0.6 is 0 Å². The molecule has 0 saturated carbocycles. The van der Waals surface area contributed by atoms with Crippen LogP contribution in [0.25, 0.3) is 0 Å². The molecule has 21 heavy (non-hydrogen) atoms. The second-order valence-electron chi connectivity index (χ2n) is 4.95. The average Bonchev–Trinajstić information content (AvgIpc) is 2.76. The van der Waals surface area contributed by atoms with Gasteiger partial charge in [0.15, 0.2) is 0 Å². The number of aromatic nitrogens is 2. The van der Waals surface area contributed by atoms with E-state index in [9.17, 15) is 8.78 Å². The number of hydrogen-bond donors (Lipinski definition) is 1. The van der Waals surface area contributed by atoms with Gasteiger partial charge in [-0.05, 0) is 31.9 Å². The number of ether oxygens (including phenoxy) is 1. The number of nitrogens with zero attached hydrogens (tertiary/aromatic N) is 2. The van der Waals surface area contributed by atoms with Gasteiger partial charge < -0.3 is 14.6 Å². The number of aryl methyl sites for hydroxylation is 3. The molecular weight excluding hydrogens is 276 g/mol. The highest BCUT2D eigenvalue weighted by molar-refractivity contribution is 5.55. The fraction of sp³-hybridized carbons (Fsp3) is 0.400. The van der Waals surface area contributed by atoms with E-state index in [1.807, 2.05) is 17.7 Å². The lowest BCUT2D eigenvalue weighted by Gasteiger charge is -2.11. The zero-order valence-electron chi connectivity index (χ0n) is 12.4. The number of benzene rings is 1. The molecule has 2 aromatic rings. The molecule has 6 heteroatoms. The van der Waals surface area contributed by atoms with Gasteiger partial charge in [-0.25, -0.2) is 13.8 Å². The summed E-state index contributed by atoms with van der Waals surface area (Å²) in [4.78, 5) is 4.30. The van der Waals surface area contributed by atoms with Crippen molar-refractivity contribution in [1.29, 1.82) is 0 Å². The summed E-state index contributed by atoms with van der Waals surface area (Å²) in [6.07, 6.45) is 2.67. The number of anilines is 2. The van der Waals surface area contributed by atoms with Crippen LogP contribution in [0, 0.1) is 25.5 Å². The highest BCUT2D eigenvalue weighted by Crippen LogP contribution is 2.23. The summed E-state index contributed by atoms with van der Waals surface area (Å²) in [6, 6.07) is 2.32. The normalized spacial score (nSPS) is 10.9. The van der Waals surface area contributed by atoms with Crippen molar-refractivity contribution in [3.63, 3.8) is 0 Å². The van der Waals surface area contributed by atoms with E-state index in [2.05, 4.69) is 10.3 Å². The Morgan fingerprint density at radius 1 is 1.24 bits per heavy atom. The molecule has 0 fully saturated rings. The lowest BCUT2D eigenvalue weighted by Crippen LogP contribution is -2.06. The first-order valence-corrected chi connectivity index (χ1v) is 6.76.